The maximum atomic E-state index is 11.6. The molecule has 274 valence electrons. The molecule has 0 fully saturated rings. The van der Waals surface area contributed by atoms with Gasteiger partial charge in [-0.3, -0.25) is 0 Å². The number of benzene rings is 1. The average Bonchev–Trinajstić information content (AvgIpc) is 3.07. The van der Waals surface area contributed by atoms with Gasteiger partial charge < -0.3 is 62.2 Å². The largest absolute Gasteiger partial charge is 0.445 e. The zero-order valence-electron chi connectivity index (χ0n) is 28.5. The normalized spacial score (nSPS) is 11.4. The lowest BCUT2D eigenvalue weighted by Crippen LogP contribution is -2.28. The van der Waals surface area contributed by atoms with Crippen LogP contribution < -0.4 is 5.32 Å². The molecule has 0 aromatic heterocycles. The summed E-state index contributed by atoms with van der Waals surface area (Å²) in [7, 11) is 0. The molecule has 1 aromatic rings. The molecule has 47 heavy (non-hydrogen) atoms. The molecule has 14 heteroatoms. The average molecular weight is 678 g/mol. The molecule has 0 aliphatic heterocycles. The molecule has 0 atom stereocenters. The van der Waals surface area contributed by atoms with Gasteiger partial charge in [0.15, 0.2) is 0 Å². The fraction of sp³-hybridized carbons (Fsp3) is 0.788. The molecular weight excluding hydrogens is 618 g/mol. The number of carbonyl (C=O) groups excluding carboxylic acids is 1. The predicted molar refractivity (Wildman–Crippen MR) is 174 cm³/mol. The highest BCUT2D eigenvalue weighted by Crippen LogP contribution is 2.00. The summed E-state index contributed by atoms with van der Waals surface area (Å²) in [4.78, 5) is 11.6. The molecule has 0 bridgehead atoms. The van der Waals surface area contributed by atoms with Gasteiger partial charge in [0.2, 0.25) is 0 Å². The van der Waals surface area contributed by atoms with E-state index in [1.807, 2.05) is 44.2 Å². The number of amides is 1. The van der Waals surface area contributed by atoms with Crippen LogP contribution in [0.5, 0.6) is 0 Å². The van der Waals surface area contributed by atoms with Crippen LogP contribution in [0.4, 0.5) is 4.79 Å². The van der Waals surface area contributed by atoms with Crippen molar-refractivity contribution >= 4 is 6.09 Å². The van der Waals surface area contributed by atoms with E-state index < -0.39 is 6.09 Å². The van der Waals surface area contributed by atoms with E-state index in [1.54, 1.807) is 0 Å². The van der Waals surface area contributed by atoms with Gasteiger partial charge in [-0.25, -0.2) is 4.79 Å². The number of hydrogen-bond donors (Lipinski definition) is 1. The smallest absolute Gasteiger partial charge is 0.407 e. The highest BCUT2D eigenvalue weighted by atomic mass is 16.6. The van der Waals surface area contributed by atoms with Crippen molar-refractivity contribution in [2.24, 2.45) is 0 Å². The number of ether oxygens (including phenoxy) is 12. The molecule has 0 saturated carbocycles. The van der Waals surface area contributed by atoms with E-state index in [0.717, 1.165) is 5.56 Å². The standard InChI is InChI=1S/C33H59NO13/c1-31(2)46-29-28-45-27-26-44-25-24-43-23-22-42-21-20-41-19-18-40-17-16-39-15-14-38-13-12-37-11-10-36-9-8-34-33(35)47-30-32-6-4-3-5-7-32/h3-7,31H,8-30H2,1-2H3,(H,34,35). The van der Waals surface area contributed by atoms with Crippen molar-refractivity contribution in [3.8, 4) is 0 Å². The number of hydrogen-bond acceptors (Lipinski definition) is 13. The summed E-state index contributed by atoms with van der Waals surface area (Å²) in [5.41, 5.74) is 0.938. The first-order chi connectivity index (χ1) is 23.2. The quantitative estimate of drug-likeness (QED) is 0.104. The summed E-state index contributed by atoms with van der Waals surface area (Å²) in [6.07, 6.45) is -0.241. The molecule has 1 aromatic carbocycles. The first-order valence-corrected chi connectivity index (χ1v) is 16.5. The van der Waals surface area contributed by atoms with Gasteiger partial charge in [0.1, 0.15) is 6.61 Å². The Morgan fingerprint density at radius 2 is 0.809 bits per heavy atom. The van der Waals surface area contributed by atoms with Crippen LogP contribution in [0.25, 0.3) is 0 Å². The molecule has 1 amide bonds. The van der Waals surface area contributed by atoms with Gasteiger partial charge in [-0.1, -0.05) is 30.3 Å². The van der Waals surface area contributed by atoms with E-state index in [1.165, 1.54) is 0 Å². The zero-order valence-corrected chi connectivity index (χ0v) is 28.5. The van der Waals surface area contributed by atoms with Crippen molar-refractivity contribution in [3.05, 3.63) is 35.9 Å². The van der Waals surface area contributed by atoms with Gasteiger partial charge in [-0.2, -0.15) is 0 Å². The van der Waals surface area contributed by atoms with Gasteiger partial charge in [0, 0.05) is 6.54 Å². The molecule has 14 nitrogen and oxygen atoms in total. The topological polar surface area (TPSA) is 140 Å². The third-order valence-electron chi connectivity index (χ3n) is 5.76. The van der Waals surface area contributed by atoms with Crippen LogP contribution in [0.1, 0.15) is 19.4 Å². The van der Waals surface area contributed by atoms with Crippen molar-refractivity contribution < 1.29 is 61.6 Å². The SMILES string of the molecule is CC(C)OCCOCCOCCOCCOCCOCCOCCOCCOCCOCCOCCNC(=O)OCc1ccccc1. The van der Waals surface area contributed by atoms with Crippen molar-refractivity contribution in [1.82, 2.24) is 5.32 Å². The molecule has 0 aliphatic rings. The van der Waals surface area contributed by atoms with Crippen LogP contribution in [0.3, 0.4) is 0 Å². The minimum atomic E-state index is -0.469. The lowest BCUT2D eigenvalue weighted by molar-refractivity contribution is -0.0286. The van der Waals surface area contributed by atoms with Gasteiger partial charge in [0.25, 0.3) is 0 Å². The van der Waals surface area contributed by atoms with Crippen molar-refractivity contribution in [3.63, 3.8) is 0 Å². The van der Waals surface area contributed by atoms with Crippen LogP contribution in [0.2, 0.25) is 0 Å². The van der Waals surface area contributed by atoms with Gasteiger partial charge in [-0.05, 0) is 19.4 Å². The summed E-state index contributed by atoms with van der Waals surface area (Å²) in [6.45, 7) is 15.1. The maximum Gasteiger partial charge on any atom is 0.407 e. The fourth-order valence-corrected chi connectivity index (χ4v) is 3.42. The van der Waals surface area contributed by atoms with E-state index in [-0.39, 0.29) is 12.7 Å². The summed E-state index contributed by atoms with van der Waals surface area (Å²) in [5.74, 6) is 0. The summed E-state index contributed by atoms with van der Waals surface area (Å²) in [5, 5.41) is 2.64. The third-order valence-corrected chi connectivity index (χ3v) is 5.76. The summed E-state index contributed by atoms with van der Waals surface area (Å²) in [6, 6.07) is 9.51. The Kier molecular flexibility index (Phi) is 32.4. The summed E-state index contributed by atoms with van der Waals surface area (Å²) >= 11 is 0. The Morgan fingerprint density at radius 3 is 1.15 bits per heavy atom. The van der Waals surface area contributed by atoms with Crippen LogP contribution in [0.15, 0.2) is 30.3 Å². The second-order valence-corrected chi connectivity index (χ2v) is 10.0. The van der Waals surface area contributed by atoms with Crippen LogP contribution in [0, 0.1) is 0 Å². The van der Waals surface area contributed by atoms with Gasteiger partial charge in [0.05, 0.1) is 145 Å². The molecule has 1 N–H and O–H groups in total. The fourth-order valence-electron chi connectivity index (χ4n) is 3.42. The van der Waals surface area contributed by atoms with Gasteiger partial charge >= 0.3 is 6.09 Å². The highest BCUT2D eigenvalue weighted by Gasteiger charge is 2.02. The van der Waals surface area contributed by atoms with Crippen LogP contribution in [-0.4, -0.2) is 157 Å². The number of nitrogens with one attached hydrogen (secondary N) is 1. The Labute approximate surface area is 280 Å². The van der Waals surface area contributed by atoms with E-state index in [2.05, 4.69) is 5.32 Å². The predicted octanol–water partition coefficient (Wildman–Crippen LogP) is 2.50. The third kappa shape index (κ3) is 33.7. The molecule has 0 heterocycles. The van der Waals surface area contributed by atoms with E-state index in [9.17, 15) is 4.79 Å². The molecule has 1 rings (SSSR count). The van der Waals surface area contributed by atoms with E-state index >= 15 is 0 Å². The minimum Gasteiger partial charge on any atom is -0.445 e. The number of carbonyl (C=O) groups is 1. The molecule has 0 radical (unpaired) electrons. The number of rotatable bonds is 36. The van der Waals surface area contributed by atoms with E-state index in [4.69, 9.17) is 56.8 Å². The lowest BCUT2D eigenvalue weighted by Gasteiger charge is -2.09. The van der Waals surface area contributed by atoms with Crippen molar-refractivity contribution in [2.45, 2.75) is 26.6 Å². The molecule has 0 spiro atoms. The van der Waals surface area contributed by atoms with Gasteiger partial charge in [-0.15, -0.1) is 0 Å². The Morgan fingerprint density at radius 1 is 0.489 bits per heavy atom. The molecular formula is C33H59NO13. The zero-order chi connectivity index (χ0) is 33.7. The Hall–Kier alpha value is -1.95. The maximum absolute atomic E-state index is 11.6. The van der Waals surface area contributed by atoms with E-state index in [0.29, 0.717) is 145 Å². The molecule has 0 unspecified atom stereocenters. The monoisotopic (exact) mass is 677 g/mol. The highest BCUT2D eigenvalue weighted by molar-refractivity contribution is 5.67. The lowest BCUT2D eigenvalue weighted by atomic mass is 10.2. The Balaban J connectivity index is 1.64. The first kappa shape index (κ1) is 43.1. The Bertz CT molecular complexity index is 776. The van der Waals surface area contributed by atoms with Crippen LogP contribution >= 0.6 is 0 Å². The molecule has 0 aliphatic carbocycles. The van der Waals surface area contributed by atoms with Crippen molar-refractivity contribution in [2.75, 3.05) is 145 Å². The second kappa shape index (κ2) is 35.4. The number of alkyl carbamates (subject to hydrolysis) is 1. The molecule has 0 saturated heterocycles. The van der Waals surface area contributed by atoms with Crippen molar-refractivity contribution in [1.29, 1.82) is 0 Å². The minimum absolute atomic E-state index is 0.227. The van der Waals surface area contributed by atoms with Crippen LogP contribution in [-0.2, 0) is 63.4 Å². The second-order valence-electron chi connectivity index (χ2n) is 10.0. The first-order valence-electron chi connectivity index (χ1n) is 16.5. The summed E-state index contributed by atoms with van der Waals surface area (Å²) < 4.78 is 65.0.